The molecule has 0 spiro atoms. The van der Waals surface area contributed by atoms with E-state index >= 15 is 0 Å². The molecule has 0 atom stereocenters. The van der Waals surface area contributed by atoms with E-state index in [1.54, 1.807) is 7.11 Å². The van der Waals surface area contributed by atoms with Crippen LogP contribution in [-0.4, -0.2) is 55.5 Å². The Morgan fingerprint density at radius 2 is 0.750 bits per heavy atom. The van der Waals surface area contributed by atoms with Gasteiger partial charge in [0.05, 0.1) is 0 Å². The van der Waals surface area contributed by atoms with E-state index in [4.69, 9.17) is 0 Å². The van der Waals surface area contributed by atoms with Gasteiger partial charge in [0.15, 0.2) is 0 Å². The maximum atomic E-state index is 4.54. The van der Waals surface area contributed by atoms with Crippen LogP contribution in [0.2, 0.25) is 58.9 Å². The van der Waals surface area contributed by atoms with Gasteiger partial charge in [0.1, 0.15) is 0 Å². The number of ether oxygens (including phenoxy) is 1. The third-order valence-electron chi connectivity index (χ3n) is 0.144. The predicted molar refractivity (Wildman–Crippen MR) is 87.7 cm³/mol. The first-order valence-electron chi connectivity index (χ1n) is 5.55. The topological polar surface area (TPSA) is 9.23 Å². The Morgan fingerprint density at radius 3 is 0.750 bits per heavy atom. The van der Waals surface area contributed by atoms with Gasteiger partial charge in [-0.15, -0.1) is 0 Å². The van der Waals surface area contributed by atoms with E-state index in [1.165, 1.54) is 0 Å². The van der Waals surface area contributed by atoms with Crippen LogP contribution in [0.4, 0.5) is 0 Å². The Balaban J connectivity index is -0.0000000600. The summed E-state index contributed by atoms with van der Waals surface area (Å²) >= 11 is 1.96. The van der Waals surface area contributed by atoms with Gasteiger partial charge in [-0.05, 0) is 0 Å². The molecule has 0 aromatic carbocycles. The van der Waals surface area contributed by atoms with E-state index in [0.29, 0.717) is 0 Å². The maximum Gasteiger partial charge on any atom is 0.0379 e. The van der Waals surface area contributed by atoms with Crippen molar-refractivity contribution in [3.8, 4) is 0 Å². The molecule has 0 fully saturated rings. The zero-order valence-electron chi connectivity index (χ0n) is 13.1. The zero-order chi connectivity index (χ0) is 14.1. The fraction of sp³-hybridized carbons (Fsp3) is 1.00. The number of rotatable bonds is 1. The summed E-state index contributed by atoms with van der Waals surface area (Å²) in [5, 5.41) is 0. The molecule has 0 bridgehead atoms. The van der Waals surface area contributed by atoms with E-state index in [2.05, 4.69) is 63.7 Å². The average Bonchev–Trinajstić information content (AvgIpc) is 2.00. The molecule has 5 heteroatoms. The van der Waals surface area contributed by atoms with Gasteiger partial charge in [-0.1, -0.05) is 58.9 Å². The van der Waals surface area contributed by atoms with Gasteiger partial charge in [0, 0.05) is 26.4 Å². The van der Waals surface area contributed by atoms with Crippen molar-refractivity contribution in [2.24, 2.45) is 0 Å². The summed E-state index contributed by atoms with van der Waals surface area (Å²) in [4.78, 5) is 0. The fourth-order valence-corrected chi connectivity index (χ4v) is 0. The van der Waals surface area contributed by atoms with E-state index in [1.807, 2.05) is 16.5 Å². The quantitative estimate of drug-likeness (QED) is 0.660. The molecule has 0 N–H and O–H groups in total. The Hall–Kier alpha value is 1.15. The minimum absolute atomic E-state index is 0.120. The molecule has 0 saturated heterocycles. The SMILES string of the molecule is CO[CH2][Ge].C[Si](C)C.C[Si](C)C.C[Si](C)C. The van der Waals surface area contributed by atoms with E-state index in [-0.39, 0.29) is 26.4 Å². The monoisotopic (exact) mass is 338 g/mol. The zero-order valence-corrected chi connectivity index (χ0v) is 18.2. The van der Waals surface area contributed by atoms with Crippen LogP contribution in [0.5, 0.6) is 0 Å². The van der Waals surface area contributed by atoms with Crippen molar-refractivity contribution in [1.82, 2.24) is 0 Å². The van der Waals surface area contributed by atoms with Gasteiger partial charge in [0.2, 0.25) is 0 Å². The van der Waals surface area contributed by atoms with Crippen molar-refractivity contribution in [2.45, 2.75) is 58.9 Å². The molecule has 0 aromatic rings. The first kappa shape index (κ1) is 25.9. The molecular weight excluding hydrogens is 305 g/mol. The van der Waals surface area contributed by atoms with Crippen molar-refractivity contribution < 1.29 is 4.74 Å². The summed E-state index contributed by atoms with van der Waals surface area (Å²) in [6, 6.07) is 0. The van der Waals surface area contributed by atoms with Crippen molar-refractivity contribution >= 4 is 42.9 Å². The summed E-state index contributed by atoms with van der Waals surface area (Å²) in [6.07, 6.45) is 0. The molecule has 0 aliphatic rings. The van der Waals surface area contributed by atoms with E-state index in [9.17, 15) is 0 Å². The van der Waals surface area contributed by atoms with E-state index < -0.39 is 0 Å². The summed E-state index contributed by atoms with van der Waals surface area (Å²) in [6.45, 7) is 20.4. The molecule has 0 amide bonds. The van der Waals surface area contributed by atoms with Gasteiger partial charge < -0.3 is 0 Å². The molecular formula is C11H32GeOSi3. The predicted octanol–water partition coefficient (Wildman–Crippen LogP) is 3.87. The largest absolute Gasteiger partial charge is 0.0715 e. The van der Waals surface area contributed by atoms with Crippen molar-refractivity contribution in [2.75, 3.05) is 12.5 Å². The molecule has 98 valence electrons. The van der Waals surface area contributed by atoms with Crippen LogP contribution in [0.15, 0.2) is 0 Å². The van der Waals surface area contributed by atoms with Gasteiger partial charge >= 0.3 is 33.8 Å². The Labute approximate surface area is 119 Å². The molecule has 0 aliphatic heterocycles. The normalized spacial score (nSPS) is 8.62. The second-order valence-corrected chi connectivity index (χ2v) is 14.5. The maximum absolute atomic E-state index is 4.54. The Kier molecular flexibility index (Phi) is 40.6. The van der Waals surface area contributed by atoms with Crippen molar-refractivity contribution in [3.63, 3.8) is 0 Å². The second-order valence-electron chi connectivity index (χ2n) is 4.93. The minimum atomic E-state index is 0.120. The van der Waals surface area contributed by atoms with Crippen LogP contribution in [-0.2, 0) is 4.74 Å². The molecule has 0 aromatic heterocycles. The first-order chi connectivity index (χ1) is 7.11. The Bertz CT molecular complexity index is 66.8. The number of hydrogen-bond acceptors (Lipinski definition) is 1. The van der Waals surface area contributed by atoms with Crippen LogP contribution in [0, 0.1) is 0 Å². The number of hydrogen-bond donors (Lipinski definition) is 0. The summed E-state index contributed by atoms with van der Waals surface area (Å²) in [5.74, 6) is 0. The van der Waals surface area contributed by atoms with Gasteiger partial charge in [-0.2, -0.15) is 0 Å². The molecule has 0 saturated carbocycles. The van der Waals surface area contributed by atoms with Crippen LogP contribution in [0.25, 0.3) is 0 Å². The first-order valence-corrected chi connectivity index (χ1v) is 16.0. The van der Waals surface area contributed by atoms with Crippen LogP contribution >= 0.6 is 0 Å². The van der Waals surface area contributed by atoms with Crippen molar-refractivity contribution in [1.29, 1.82) is 0 Å². The van der Waals surface area contributed by atoms with Crippen molar-refractivity contribution in [3.05, 3.63) is 0 Å². The molecule has 1 nitrogen and oxygen atoms in total. The molecule has 0 rings (SSSR count). The molecule has 0 heterocycles. The molecule has 0 unspecified atom stereocenters. The van der Waals surface area contributed by atoms with E-state index in [0.717, 1.165) is 5.44 Å². The van der Waals surface area contributed by atoms with Crippen LogP contribution < -0.4 is 0 Å². The summed E-state index contributed by atoms with van der Waals surface area (Å²) in [5.41, 5.74) is 0.819. The smallest absolute Gasteiger partial charge is 0.0379 e. The number of methoxy groups -OCH3 is 1. The second kappa shape index (κ2) is 25.1. The average molecular weight is 337 g/mol. The van der Waals surface area contributed by atoms with Crippen LogP contribution in [0.3, 0.4) is 0 Å². The third-order valence-corrected chi connectivity index (χ3v) is 0.750. The standard InChI is InChI=1S/3C3H9Si.C2H5GeO/c3*1-4(2)3;1-4-2-3/h3*1-3H3;2H2,1H3. The van der Waals surface area contributed by atoms with Gasteiger partial charge in [-0.25, -0.2) is 0 Å². The third kappa shape index (κ3) is 655. The van der Waals surface area contributed by atoms with Gasteiger partial charge in [-0.3, -0.25) is 0 Å². The molecule has 16 heavy (non-hydrogen) atoms. The van der Waals surface area contributed by atoms with Gasteiger partial charge in [0.25, 0.3) is 0 Å². The minimum Gasteiger partial charge on any atom is -0.0715 e. The fourth-order valence-electron chi connectivity index (χ4n) is 0. The summed E-state index contributed by atoms with van der Waals surface area (Å²) < 4.78 is 4.54. The molecule has 6 radical (unpaired) electrons. The summed E-state index contributed by atoms with van der Waals surface area (Å²) in [7, 11) is 2.04. The van der Waals surface area contributed by atoms with Crippen LogP contribution in [0.1, 0.15) is 0 Å². The molecule has 0 aliphatic carbocycles. The Morgan fingerprint density at radius 1 is 0.688 bits per heavy atom.